The molecule has 0 bridgehead atoms. The summed E-state index contributed by atoms with van der Waals surface area (Å²) < 4.78 is 0. The topological polar surface area (TPSA) is 55.9 Å². The standard InChI is InChI=1S/C23H32N4O2S/c1-3-25(4-2)14-15-27(18-21-7-6-16-30-21)23(29)24-20-11-9-19(10-12-20)17-26-13-5-8-22(26)28/h6-7,9-12,16H,3-5,8,13-15,17-18H2,1-2H3,(H,24,29). The van der Waals surface area contributed by atoms with Crippen molar-refractivity contribution in [2.24, 2.45) is 0 Å². The molecule has 0 aliphatic carbocycles. The van der Waals surface area contributed by atoms with E-state index in [9.17, 15) is 9.59 Å². The van der Waals surface area contributed by atoms with E-state index in [-0.39, 0.29) is 11.9 Å². The second kappa shape index (κ2) is 11.1. The van der Waals surface area contributed by atoms with Crippen molar-refractivity contribution in [1.82, 2.24) is 14.7 Å². The molecule has 1 aliphatic rings. The number of carbonyl (C=O) groups excluding carboxylic acids is 2. The average molecular weight is 429 g/mol. The zero-order chi connectivity index (χ0) is 21.3. The van der Waals surface area contributed by atoms with Crippen LogP contribution in [0.3, 0.4) is 0 Å². The number of thiophene rings is 1. The fourth-order valence-corrected chi connectivity index (χ4v) is 4.35. The number of nitrogens with one attached hydrogen (secondary N) is 1. The third-order valence-electron chi connectivity index (χ3n) is 5.54. The molecule has 0 unspecified atom stereocenters. The predicted octanol–water partition coefficient (Wildman–Crippen LogP) is 4.25. The Labute approximate surface area is 183 Å². The molecule has 30 heavy (non-hydrogen) atoms. The van der Waals surface area contributed by atoms with Gasteiger partial charge in [-0.3, -0.25) is 4.79 Å². The smallest absolute Gasteiger partial charge is 0.322 e. The van der Waals surface area contributed by atoms with Crippen LogP contribution < -0.4 is 5.32 Å². The summed E-state index contributed by atoms with van der Waals surface area (Å²) in [4.78, 5) is 32.1. The molecular formula is C23H32N4O2S. The molecule has 1 N–H and O–H groups in total. The molecule has 1 fully saturated rings. The molecular weight excluding hydrogens is 396 g/mol. The number of likely N-dealkylation sites (tertiary alicyclic amines) is 1. The first kappa shape index (κ1) is 22.3. The maximum Gasteiger partial charge on any atom is 0.322 e. The van der Waals surface area contributed by atoms with Crippen molar-refractivity contribution in [2.75, 3.05) is 38.0 Å². The molecule has 0 radical (unpaired) electrons. The van der Waals surface area contributed by atoms with Gasteiger partial charge in [-0.2, -0.15) is 0 Å². The van der Waals surface area contributed by atoms with Gasteiger partial charge in [0, 0.05) is 43.2 Å². The van der Waals surface area contributed by atoms with E-state index in [0.29, 0.717) is 26.1 Å². The van der Waals surface area contributed by atoms with Gasteiger partial charge >= 0.3 is 6.03 Å². The fourth-order valence-electron chi connectivity index (χ4n) is 3.63. The van der Waals surface area contributed by atoms with E-state index in [2.05, 4.69) is 30.1 Å². The quantitative estimate of drug-likeness (QED) is 0.616. The lowest BCUT2D eigenvalue weighted by atomic mass is 10.2. The third kappa shape index (κ3) is 6.31. The summed E-state index contributed by atoms with van der Waals surface area (Å²) in [5.41, 5.74) is 1.86. The molecule has 0 atom stereocenters. The Morgan fingerprint density at radius 1 is 1.13 bits per heavy atom. The Kier molecular flexibility index (Phi) is 8.28. The zero-order valence-corrected chi connectivity index (χ0v) is 18.8. The number of amides is 3. The molecule has 6 nitrogen and oxygen atoms in total. The summed E-state index contributed by atoms with van der Waals surface area (Å²) in [6, 6.07) is 11.8. The third-order valence-corrected chi connectivity index (χ3v) is 6.41. The van der Waals surface area contributed by atoms with Gasteiger partial charge in [0.2, 0.25) is 5.91 Å². The molecule has 1 aliphatic heterocycles. The van der Waals surface area contributed by atoms with Crippen molar-refractivity contribution in [3.05, 3.63) is 52.2 Å². The monoisotopic (exact) mass is 428 g/mol. The van der Waals surface area contributed by atoms with E-state index in [1.165, 1.54) is 4.88 Å². The Balaban J connectivity index is 1.59. The van der Waals surface area contributed by atoms with E-state index < -0.39 is 0 Å². The van der Waals surface area contributed by atoms with Crippen LogP contribution in [0.15, 0.2) is 41.8 Å². The number of hydrogen-bond acceptors (Lipinski definition) is 4. The van der Waals surface area contributed by atoms with Crippen molar-refractivity contribution in [3.8, 4) is 0 Å². The largest absolute Gasteiger partial charge is 0.338 e. The molecule has 2 heterocycles. The number of rotatable bonds is 10. The van der Waals surface area contributed by atoms with Crippen LogP contribution in [-0.4, -0.2) is 59.4 Å². The van der Waals surface area contributed by atoms with E-state index in [4.69, 9.17) is 0 Å². The predicted molar refractivity (Wildman–Crippen MR) is 123 cm³/mol. The van der Waals surface area contributed by atoms with Gasteiger partial charge in [0.1, 0.15) is 0 Å². The summed E-state index contributed by atoms with van der Waals surface area (Å²) in [6.07, 6.45) is 1.60. The van der Waals surface area contributed by atoms with Gasteiger partial charge in [0.05, 0.1) is 6.54 Å². The van der Waals surface area contributed by atoms with Crippen LogP contribution in [-0.2, 0) is 17.9 Å². The molecule has 2 aromatic rings. The van der Waals surface area contributed by atoms with Crippen molar-refractivity contribution < 1.29 is 9.59 Å². The summed E-state index contributed by atoms with van der Waals surface area (Å²) in [6.45, 7) is 9.87. The van der Waals surface area contributed by atoms with E-state index >= 15 is 0 Å². The summed E-state index contributed by atoms with van der Waals surface area (Å²) in [7, 11) is 0. The normalized spacial score (nSPS) is 13.8. The van der Waals surface area contributed by atoms with Crippen LogP contribution in [0.5, 0.6) is 0 Å². The number of nitrogens with zero attached hydrogens (tertiary/aromatic N) is 3. The van der Waals surface area contributed by atoms with Crippen LogP contribution in [0.1, 0.15) is 37.1 Å². The Hall–Kier alpha value is -2.38. The van der Waals surface area contributed by atoms with Gasteiger partial charge in [-0.15, -0.1) is 11.3 Å². The highest BCUT2D eigenvalue weighted by molar-refractivity contribution is 7.09. The number of benzene rings is 1. The first-order valence-electron chi connectivity index (χ1n) is 10.8. The van der Waals surface area contributed by atoms with Gasteiger partial charge < -0.3 is 20.0 Å². The first-order chi connectivity index (χ1) is 14.6. The highest BCUT2D eigenvalue weighted by Crippen LogP contribution is 2.17. The van der Waals surface area contributed by atoms with E-state index in [1.54, 1.807) is 11.3 Å². The second-order valence-corrected chi connectivity index (χ2v) is 8.61. The van der Waals surface area contributed by atoms with Crippen LogP contribution in [0.4, 0.5) is 10.5 Å². The number of urea groups is 1. The van der Waals surface area contributed by atoms with Crippen molar-refractivity contribution in [1.29, 1.82) is 0 Å². The Bertz CT molecular complexity index is 803. The number of hydrogen-bond donors (Lipinski definition) is 1. The zero-order valence-electron chi connectivity index (χ0n) is 18.0. The lowest BCUT2D eigenvalue weighted by Crippen LogP contribution is -2.40. The van der Waals surface area contributed by atoms with Crippen molar-refractivity contribution in [3.63, 3.8) is 0 Å². The highest BCUT2D eigenvalue weighted by atomic mass is 32.1. The van der Waals surface area contributed by atoms with E-state index in [0.717, 1.165) is 43.9 Å². The molecule has 3 amide bonds. The highest BCUT2D eigenvalue weighted by Gasteiger charge is 2.20. The Morgan fingerprint density at radius 3 is 2.50 bits per heavy atom. The van der Waals surface area contributed by atoms with Gasteiger partial charge in [-0.05, 0) is 48.7 Å². The minimum atomic E-state index is -0.0852. The number of likely N-dealkylation sites (N-methyl/N-ethyl adjacent to an activating group) is 1. The lowest BCUT2D eigenvalue weighted by molar-refractivity contribution is -0.128. The summed E-state index contributed by atoms with van der Waals surface area (Å²) in [5.74, 6) is 0.227. The van der Waals surface area contributed by atoms with Gasteiger partial charge in [-0.25, -0.2) is 4.79 Å². The number of anilines is 1. The maximum atomic E-state index is 13.0. The second-order valence-electron chi connectivity index (χ2n) is 7.57. The van der Waals surface area contributed by atoms with E-state index in [1.807, 2.05) is 45.5 Å². The SMILES string of the molecule is CCN(CC)CCN(Cc1cccs1)C(=O)Nc1ccc(CN2CCCC2=O)cc1. The molecule has 162 valence electrons. The summed E-state index contributed by atoms with van der Waals surface area (Å²) >= 11 is 1.67. The molecule has 1 aromatic heterocycles. The molecule has 0 saturated carbocycles. The van der Waals surface area contributed by atoms with Crippen LogP contribution in [0.25, 0.3) is 0 Å². The molecule has 1 saturated heterocycles. The first-order valence-corrected chi connectivity index (χ1v) is 11.6. The fraction of sp³-hybridized carbons (Fsp3) is 0.478. The van der Waals surface area contributed by atoms with Crippen LogP contribution >= 0.6 is 11.3 Å². The molecule has 3 rings (SSSR count). The van der Waals surface area contributed by atoms with Crippen LogP contribution in [0, 0.1) is 0 Å². The molecule has 0 spiro atoms. The maximum absolute atomic E-state index is 13.0. The molecule has 7 heteroatoms. The van der Waals surface area contributed by atoms with Gasteiger partial charge in [0.15, 0.2) is 0 Å². The van der Waals surface area contributed by atoms with Crippen molar-refractivity contribution in [2.45, 2.75) is 39.8 Å². The summed E-state index contributed by atoms with van der Waals surface area (Å²) in [5, 5.41) is 5.08. The minimum absolute atomic E-state index is 0.0852. The number of carbonyl (C=O) groups is 2. The Morgan fingerprint density at radius 2 is 1.90 bits per heavy atom. The minimum Gasteiger partial charge on any atom is -0.338 e. The lowest BCUT2D eigenvalue weighted by Gasteiger charge is -2.26. The molecule has 1 aromatic carbocycles. The van der Waals surface area contributed by atoms with Crippen molar-refractivity contribution >= 4 is 29.0 Å². The van der Waals surface area contributed by atoms with Gasteiger partial charge in [-0.1, -0.05) is 32.0 Å². The van der Waals surface area contributed by atoms with Crippen LogP contribution in [0.2, 0.25) is 0 Å². The average Bonchev–Trinajstić information content (AvgIpc) is 3.41. The van der Waals surface area contributed by atoms with Gasteiger partial charge in [0.25, 0.3) is 0 Å².